The Labute approximate surface area is 122 Å². The fraction of sp³-hybridized carbons (Fsp3) is 1.00. The maximum absolute atomic E-state index is 8.07. The minimum Gasteiger partial charge on any atom is -0.412 e. The maximum atomic E-state index is 8.07. The molecule has 108 valence electrons. The Bertz CT molecular complexity index is 55.3. The van der Waals surface area contributed by atoms with Gasteiger partial charge in [0, 0.05) is 41.5 Å². The molecule has 0 radical (unpaired) electrons. The molecule has 0 spiro atoms. The van der Waals surface area contributed by atoms with Gasteiger partial charge in [0.05, 0.1) is 0 Å². The summed E-state index contributed by atoms with van der Waals surface area (Å²) in [5.74, 6) is 0. The fourth-order valence-corrected chi connectivity index (χ4v) is 0.474. The van der Waals surface area contributed by atoms with Gasteiger partial charge in [-0.15, -0.1) is 0 Å². The van der Waals surface area contributed by atoms with E-state index in [1.807, 2.05) is 0 Å². The molecule has 0 aliphatic heterocycles. The van der Waals surface area contributed by atoms with Gasteiger partial charge in [-0.05, 0) is 19.3 Å². The van der Waals surface area contributed by atoms with Crippen molar-refractivity contribution in [2.45, 2.75) is 59.3 Å². The predicted octanol–water partition coefficient (Wildman–Crippen LogP) is 1.51. The molecule has 0 amide bonds. The standard InChI is InChI=1S/3C4H10O.H2O.Ti/c3*1-2-3-4-5;;/h3*5H,2-4H2,1H3;1H2;. The van der Waals surface area contributed by atoms with Crippen LogP contribution in [0.1, 0.15) is 59.3 Å². The van der Waals surface area contributed by atoms with Crippen molar-refractivity contribution >= 4 is 0 Å². The average molecular weight is 288 g/mol. The zero-order valence-electron chi connectivity index (χ0n) is 11.7. The summed E-state index contributed by atoms with van der Waals surface area (Å²) < 4.78 is 0. The van der Waals surface area contributed by atoms with E-state index in [9.17, 15) is 0 Å². The Morgan fingerprint density at radius 1 is 0.588 bits per heavy atom. The Morgan fingerprint density at radius 2 is 0.765 bits per heavy atom. The molecule has 17 heavy (non-hydrogen) atoms. The van der Waals surface area contributed by atoms with Gasteiger partial charge in [-0.2, -0.15) is 0 Å². The summed E-state index contributed by atoms with van der Waals surface area (Å²) in [7, 11) is 0. The monoisotopic (exact) mass is 288 g/mol. The van der Waals surface area contributed by atoms with Crippen LogP contribution in [0.25, 0.3) is 0 Å². The molecule has 0 aliphatic carbocycles. The number of aliphatic hydroxyl groups is 3. The van der Waals surface area contributed by atoms with E-state index in [-0.39, 0.29) is 27.2 Å². The van der Waals surface area contributed by atoms with Crippen LogP contribution in [-0.4, -0.2) is 40.6 Å². The van der Waals surface area contributed by atoms with E-state index < -0.39 is 0 Å². The molecule has 0 fully saturated rings. The van der Waals surface area contributed by atoms with Crippen LogP contribution >= 0.6 is 0 Å². The minimum absolute atomic E-state index is 0. The van der Waals surface area contributed by atoms with Crippen LogP contribution < -0.4 is 0 Å². The van der Waals surface area contributed by atoms with Crippen molar-refractivity contribution in [2.24, 2.45) is 0 Å². The zero-order valence-corrected chi connectivity index (χ0v) is 13.3. The number of hydrogen-bond acceptors (Lipinski definition) is 3. The first-order valence-electron chi connectivity index (χ1n) is 6.07. The Hall–Kier alpha value is 0.554. The molecule has 0 unspecified atom stereocenters. The van der Waals surface area contributed by atoms with Gasteiger partial charge in [0.15, 0.2) is 0 Å². The van der Waals surface area contributed by atoms with Crippen LogP contribution in [-0.2, 0) is 21.7 Å². The largest absolute Gasteiger partial charge is 0.412 e. The average Bonchev–Trinajstić information content (AvgIpc) is 2.23. The SMILES string of the molecule is CCCCO.CCCCO.CCCCO.O.[Ti]. The van der Waals surface area contributed by atoms with Gasteiger partial charge < -0.3 is 20.8 Å². The third-order valence-corrected chi connectivity index (χ3v) is 1.54. The summed E-state index contributed by atoms with van der Waals surface area (Å²) in [4.78, 5) is 0. The summed E-state index contributed by atoms with van der Waals surface area (Å²) in [5.41, 5.74) is 0. The Morgan fingerprint density at radius 3 is 0.765 bits per heavy atom. The second-order valence-electron chi connectivity index (χ2n) is 3.23. The molecule has 0 rings (SSSR count). The maximum Gasteiger partial charge on any atom is 0.0430 e. The van der Waals surface area contributed by atoms with Crippen LogP contribution in [0.3, 0.4) is 0 Å². The molecule has 4 nitrogen and oxygen atoms in total. The van der Waals surface area contributed by atoms with E-state index >= 15 is 0 Å². The van der Waals surface area contributed by atoms with Crippen molar-refractivity contribution in [1.29, 1.82) is 0 Å². The van der Waals surface area contributed by atoms with Gasteiger partial charge in [-0.3, -0.25) is 0 Å². The van der Waals surface area contributed by atoms with E-state index in [0.717, 1.165) is 38.5 Å². The second kappa shape index (κ2) is 43.9. The summed E-state index contributed by atoms with van der Waals surface area (Å²) >= 11 is 0. The summed E-state index contributed by atoms with van der Waals surface area (Å²) in [6, 6.07) is 0. The van der Waals surface area contributed by atoms with Crippen molar-refractivity contribution in [3.05, 3.63) is 0 Å². The van der Waals surface area contributed by atoms with Crippen molar-refractivity contribution in [3.8, 4) is 0 Å². The first-order valence-corrected chi connectivity index (χ1v) is 6.07. The molecule has 0 aromatic heterocycles. The topological polar surface area (TPSA) is 92.2 Å². The van der Waals surface area contributed by atoms with Crippen LogP contribution in [0.5, 0.6) is 0 Å². The third-order valence-electron chi connectivity index (χ3n) is 1.54. The molecule has 0 saturated carbocycles. The van der Waals surface area contributed by atoms with Gasteiger partial charge in [-0.25, -0.2) is 0 Å². The van der Waals surface area contributed by atoms with Crippen molar-refractivity contribution in [3.63, 3.8) is 0 Å². The van der Waals surface area contributed by atoms with Gasteiger partial charge >= 0.3 is 0 Å². The van der Waals surface area contributed by atoms with Gasteiger partial charge in [0.2, 0.25) is 0 Å². The number of unbranched alkanes of at least 4 members (excludes halogenated alkanes) is 3. The van der Waals surface area contributed by atoms with Crippen molar-refractivity contribution in [2.75, 3.05) is 19.8 Å². The fourth-order valence-electron chi connectivity index (χ4n) is 0.474. The molecule has 0 saturated heterocycles. The summed E-state index contributed by atoms with van der Waals surface area (Å²) in [5, 5.41) is 24.2. The van der Waals surface area contributed by atoms with Crippen LogP contribution in [0.4, 0.5) is 0 Å². The van der Waals surface area contributed by atoms with E-state index in [4.69, 9.17) is 15.3 Å². The Kier molecular flexibility index (Phi) is 78.8. The quantitative estimate of drug-likeness (QED) is 0.647. The van der Waals surface area contributed by atoms with Crippen molar-refractivity contribution in [1.82, 2.24) is 0 Å². The second-order valence-corrected chi connectivity index (χ2v) is 3.23. The molecule has 0 aromatic rings. The van der Waals surface area contributed by atoms with Crippen LogP contribution in [0, 0.1) is 0 Å². The number of rotatable bonds is 6. The molecular weight excluding hydrogens is 256 g/mol. The molecule has 0 aliphatic rings. The van der Waals surface area contributed by atoms with Gasteiger partial charge in [0.1, 0.15) is 0 Å². The summed E-state index contributed by atoms with van der Waals surface area (Å²) in [6.07, 6.45) is 6.11. The first kappa shape index (κ1) is 30.5. The number of hydrogen-bond donors (Lipinski definition) is 3. The molecule has 0 aromatic carbocycles. The van der Waals surface area contributed by atoms with E-state index in [1.54, 1.807) is 0 Å². The smallest absolute Gasteiger partial charge is 0.0430 e. The predicted molar refractivity (Wildman–Crippen MR) is 69.6 cm³/mol. The molecule has 0 atom stereocenters. The molecule has 0 bridgehead atoms. The summed E-state index contributed by atoms with van der Waals surface area (Å²) in [6.45, 7) is 7.19. The van der Waals surface area contributed by atoms with Gasteiger partial charge in [-0.1, -0.05) is 40.0 Å². The molecule has 5 N–H and O–H groups in total. The van der Waals surface area contributed by atoms with Crippen LogP contribution in [0.2, 0.25) is 0 Å². The van der Waals surface area contributed by atoms with E-state index in [1.165, 1.54) is 0 Å². The van der Waals surface area contributed by atoms with Gasteiger partial charge in [0.25, 0.3) is 0 Å². The van der Waals surface area contributed by atoms with E-state index in [2.05, 4.69) is 20.8 Å². The van der Waals surface area contributed by atoms with Crippen LogP contribution in [0.15, 0.2) is 0 Å². The Balaban J connectivity index is -0.0000000400. The zero-order chi connectivity index (χ0) is 12.4. The molecule has 0 heterocycles. The minimum atomic E-state index is 0. The molecular formula is C12H32O4Ti. The van der Waals surface area contributed by atoms with Crippen molar-refractivity contribution < 1.29 is 42.5 Å². The third kappa shape index (κ3) is 81.6. The normalized spacial score (nSPS) is 7.41. The number of aliphatic hydroxyl groups excluding tert-OH is 3. The van der Waals surface area contributed by atoms with E-state index in [0.29, 0.717) is 19.8 Å². The molecule has 5 heteroatoms. The first-order chi connectivity index (χ1) is 7.24.